The van der Waals surface area contributed by atoms with Gasteiger partial charge in [0.2, 0.25) is 11.8 Å². The van der Waals surface area contributed by atoms with Crippen LogP contribution in [0.4, 0.5) is 0 Å². The van der Waals surface area contributed by atoms with Crippen molar-refractivity contribution in [2.75, 3.05) is 13.1 Å². The molecule has 7 N–H and O–H groups in total. The van der Waals surface area contributed by atoms with E-state index in [1.165, 1.54) is 13.8 Å². The molecular formula is C19H30N4O4. The zero-order chi connectivity index (χ0) is 20.4. The average molecular weight is 378 g/mol. The summed E-state index contributed by atoms with van der Waals surface area (Å²) in [5.74, 6) is -1.86. The van der Waals surface area contributed by atoms with E-state index in [-0.39, 0.29) is 25.3 Å². The zero-order valence-corrected chi connectivity index (χ0v) is 15.9. The van der Waals surface area contributed by atoms with Crippen LogP contribution in [0, 0.1) is 5.92 Å². The summed E-state index contributed by atoms with van der Waals surface area (Å²) in [6.07, 6.45) is -0.448. The molecule has 0 aliphatic carbocycles. The molecule has 0 saturated carbocycles. The fourth-order valence-corrected chi connectivity index (χ4v) is 2.66. The Balaban J connectivity index is 2.80. The van der Waals surface area contributed by atoms with Crippen molar-refractivity contribution in [1.29, 1.82) is 0 Å². The highest BCUT2D eigenvalue weighted by Gasteiger charge is 2.30. The lowest BCUT2D eigenvalue weighted by atomic mass is 9.97. The number of aliphatic hydroxyl groups is 1. The molecule has 1 aromatic rings. The fourth-order valence-electron chi connectivity index (χ4n) is 2.66. The summed E-state index contributed by atoms with van der Waals surface area (Å²) in [6.45, 7) is 3.06. The molecule has 0 heterocycles. The van der Waals surface area contributed by atoms with Gasteiger partial charge >= 0.3 is 0 Å². The summed E-state index contributed by atoms with van der Waals surface area (Å²) in [5, 5.41) is 15.0. The first kappa shape index (κ1) is 22.8. The zero-order valence-electron chi connectivity index (χ0n) is 15.9. The first-order chi connectivity index (χ1) is 12.8. The van der Waals surface area contributed by atoms with Crippen LogP contribution in [0.25, 0.3) is 0 Å². The quantitative estimate of drug-likeness (QED) is 0.337. The van der Waals surface area contributed by atoms with Crippen molar-refractivity contribution in [3.63, 3.8) is 0 Å². The molecule has 0 radical (unpaired) electrons. The Bertz CT molecular complexity index is 621. The van der Waals surface area contributed by atoms with Crippen LogP contribution in [-0.2, 0) is 20.8 Å². The molecule has 0 aliphatic rings. The van der Waals surface area contributed by atoms with Crippen molar-refractivity contribution < 1.29 is 19.5 Å². The summed E-state index contributed by atoms with van der Waals surface area (Å²) >= 11 is 0. The Morgan fingerprint density at radius 3 is 2.19 bits per heavy atom. The van der Waals surface area contributed by atoms with E-state index in [2.05, 4.69) is 10.6 Å². The molecule has 0 bridgehead atoms. The van der Waals surface area contributed by atoms with Crippen LogP contribution in [0.3, 0.4) is 0 Å². The Labute approximate surface area is 159 Å². The molecule has 0 spiro atoms. The third kappa shape index (κ3) is 7.46. The van der Waals surface area contributed by atoms with Crippen LogP contribution in [0.15, 0.2) is 30.3 Å². The number of benzene rings is 1. The standard InChI is InChI=1S/C19H30N4O4/c1-12(24)16(8-9-20)22-19(27)17(13(2)25)23-18(26)15(11-21)10-14-6-4-3-5-7-14/h3-7,13,15-17,25H,8-11,20-21H2,1-2H3,(H,22,27)(H,23,26)/t13-,15?,16-,17-/m0/s1. The average Bonchev–Trinajstić information content (AvgIpc) is 2.63. The van der Waals surface area contributed by atoms with Gasteiger partial charge in [-0.15, -0.1) is 0 Å². The highest BCUT2D eigenvalue weighted by Crippen LogP contribution is 2.09. The van der Waals surface area contributed by atoms with Crippen molar-refractivity contribution in [3.8, 4) is 0 Å². The number of hydrogen-bond donors (Lipinski definition) is 5. The Morgan fingerprint density at radius 1 is 1.07 bits per heavy atom. The number of Topliss-reactive ketones (excluding diaryl/α,β-unsaturated/α-hetero) is 1. The van der Waals surface area contributed by atoms with Crippen molar-refractivity contribution in [2.24, 2.45) is 17.4 Å². The van der Waals surface area contributed by atoms with E-state index in [4.69, 9.17) is 11.5 Å². The molecule has 0 saturated heterocycles. The maximum absolute atomic E-state index is 12.6. The van der Waals surface area contributed by atoms with E-state index < -0.39 is 35.9 Å². The van der Waals surface area contributed by atoms with Gasteiger partial charge in [-0.3, -0.25) is 14.4 Å². The Morgan fingerprint density at radius 2 is 1.70 bits per heavy atom. The smallest absolute Gasteiger partial charge is 0.245 e. The number of aliphatic hydroxyl groups excluding tert-OH is 1. The first-order valence-electron chi connectivity index (χ1n) is 9.03. The lowest BCUT2D eigenvalue weighted by molar-refractivity contribution is -0.134. The summed E-state index contributed by atoms with van der Waals surface area (Å²) < 4.78 is 0. The van der Waals surface area contributed by atoms with Crippen LogP contribution >= 0.6 is 0 Å². The molecule has 0 aromatic heterocycles. The summed E-state index contributed by atoms with van der Waals surface area (Å²) in [7, 11) is 0. The first-order valence-corrected chi connectivity index (χ1v) is 9.03. The SMILES string of the molecule is CC(=O)[C@H](CCN)NC(=O)[C@@H](NC(=O)C(CN)Cc1ccccc1)[C@H](C)O. The van der Waals surface area contributed by atoms with Gasteiger partial charge in [0.15, 0.2) is 5.78 Å². The molecule has 8 nitrogen and oxygen atoms in total. The molecule has 0 aliphatic heterocycles. The predicted octanol–water partition coefficient (Wildman–Crippen LogP) is -0.908. The lowest BCUT2D eigenvalue weighted by Gasteiger charge is -2.25. The predicted molar refractivity (Wildman–Crippen MR) is 103 cm³/mol. The van der Waals surface area contributed by atoms with Gasteiger partial charge in [-0.2, -0.15) is 0 Å². The highest BCUT2D eigenvalue weighted by molar-refractivity contribution is 5.92. The lowest BCUT2D eigenvalue weighted by Crippen LogP contribution is -2.57. The van der Waals surface area contributed by atoms with Crippen LogP contribution in [0.5, 0.6) is 0 Å². The van der Waals surface area contributed by atoms with Crippen molar-refractivity contribution in [1.82, 2.24) is 10.6 Å². The molecule has 150 valence electrons. The third-order valence-corrected chi connectivity index (χ3v) is 4.31. The monoisotopic (exact) mass is 378 g/mol. The minimum Gasteiger partial charge on any atom is -0.391 e. The van der Waals surface area contributed by atoms with E-state index in [0.717, 1.165) is 5.56 Å². The number of carbonyl (C=O) groups excluding carboxylic acids is 3. The third-order valence-electron chi connectivity index (χ3n) is 4.31. The van der Waals surface area contributed by atoms with Crippen LogP contribution in [0.2, 0.25) is 0 Å². The molecule has 4 atom stereocenters. The molecule has 27 heavy (non-hydrogen) atoms. The number of amides is 2. The molecule has 1 unspecified atom stereocenters. The van der Waals surface area contributed by atoms with Gasteiger partial charge < -0.3 is 27.2 Å². The van der Waals surface area contributed by atoms with Crippen LogP contribution < -0.4 is 22.1 Å². The van der Waals surface area contributed by atoms with Crippen molar-refractivity contribution in [2.45, 2.75) is 44.9 Å². The molecular weight excluding hydrogens is 348 g/mol. The van der Waals surface area contributed by atoms with E-state index in [1.54, 1.807) is 0 Å². The number of ketones is 1. The van der Waals surface area contributed by atoms with E-state index in [9.17, 15) is 19.5 Å². The second-order valence-corrected chi connectivity index (χ2v) is 6.60. The van der Waals surface area contributed by atoms with Crippen LogP contribution in [-0.4, -0.2) is 54.0 Å². The summed E-state index contributed by atoms with van der Waals surface area (Å²) in [4.78, 5) is 36.6. The molecule has 0 fully saturated rings. The summed E-state index contributed by atoms with van der Waals surface area (Å²) in [5.41, 5.74) is 12.1. The number of carbonyl (C=O) groups is 3. The molecule has 1 rings (SSSR count). The van der Waals surface area contributed by atoms with Crippen LogP contribution in [0.1, 0.15) is 25.8 Å². The van der Waals surface area contributed by atoms with Gasteiger partial charge in [0.25, 0.3) is 0 Å². The second kappa shape index (κ2) is 11.4. The van der Waals surface area contributed by atoms with Crippen molar-refractivity contribution >= 4 is 17.6 Å². The van der Waals surface area contributed by atoms with Gasteiger partial charge in [-0.05, 0) is 38.8 Å². The van der Waals surface area contributed by atoms with Gasteiger partial charge in [0.1, 0.15) is 6.04 Å². The molecule has 1 aromatic carbocycles. The molecule has 8 heteroatoms. The maximum atomic E-state index is 12.6. The Kier molecular flexibility index (Phi) is 9.63. The normalized spacial score (nSPS) is 15.3. The van der Waals surface area contributed by atoms with Gasteiger partial charge in [-0.25, -0.2) is 0 Å². The number of hydrogen-bond acceptors (Lipinski definition) is 6. The van der Waals surface area contributed by atoms with Gasteiger partial charge in [-0.1, -0.05) is 30.3 Å². The fraction of sp³-hybridized carbons (Fsp3) is 0.526. The maximum Gasteiger partial charge on any atom is 0.245 e. The molecule has 2 amide bonds. The van der Waals surface area contributed by atoms with Gasteiger partial charge in [0, 0.05) is 6.54 Å². The van der Waals surface area contributed by atoms with Crippen molar-refractivity contribution in [3.05, 3.63) is 35.9 Å². The second-order valence-electron chi connectivity index (χ2n) is 6.60. The van der Waals surface area contributed by atoms with E-state index in [0.29, 0.717) is 6.42 Å². The van der Waals surface area contributed by atoms with E-state index >= 15 is 0 Å². The number of rotatable bonds is 11. The summed E-state index contributed by atoms with van der Waals surface area (Å²) in [6, 6.07) is 7.44. The number of nitrogens with one attached hydrogen (secondary N) is 2. The Hall–Kier alpha value is -2.29. The number of nitrogens with two attached hydrogens (primary N) is 2. The van der Waals surface area contributed by atoms with E-state index in [1.807, 2.05) is 30.3 Å². The highest BCUT2D eigenvalue weighted by atomic mass is 16.3. The topological polar surface area (TPSA) is 148 Å². The minimum atomic E-state index is -1.19. The van der Waals surface area contributed by atoms with Gasteiger partial charge in [0.05, 0.1) is 18.1 Å². The largest absolute Gasteiger partial charge is 0.391 e. The minimum absolute atomic E-state index is 0.0954.